The summed E-state index contributed by atoms with van der Waals surface area (Å²) in [5.74, 6) is 0.626. The summed E-state index contributed by atoms with van der Waals surface area (Å²) in [6.45, 7) is 8.34. The van der Waals surface area contributed by atoms with Crippen molar-refractivity contribution < 1.29 is 0 Å². The second kappa shape index (κ2) is 5.55. The van der Waals surface area contributed by atoms with Crippen molar-refractivity contribution in [2.24, 2.45) is 22.8 Å². The summed E-state index contributed by atoms with van der Waals surface area (Å²) in [4.78, 5) is 0. The summed E-state index contributed by atoms with van der Waals surface area (Å²) in [6, 6.07) is 0. The Hall–Kier alpha value is -0.0800. The lowest BCUT2D eigenvalue weighted by Crippen LogP contribution is -2.25. The maximum absolute atomic E-state index is 5.60. The Balaban J connectivity index is 3.94. The van der Waals surface area contributed by atoms with Gasteiger partial charge in [0.1, 0.15) is 0 Å². The molecule has 0 aliphatic carbocycles. The molecule has 2 nitrogen and oxygen atoms in total. The maximum Gasteiger partial charge on any atom is -0.00513 e. The van der Waals surface area contributed by atoms with Crippen molar-refractivity contribution in [1.29, 1.82) is 0 Å². The number of hydrogen-bond donors (Lipinski definition) is 2. The van der Waals surface area contributed by atoms with Crippen LogP contribution in [0.2, 0.25) is 0 Å². The molecule has 0 aromatic rings. The van der Waals surface area contributed by atoms with Gasteiger partial charge in [-0.1, -0.05) is 27.2 Å². The maximum atomic E-state index is 5.60. The van der Waals surface area contributed by atoms with E-state index in [1.807, 2.05) is 0 Å². The predicted octanol–water partition coefficient (Wildman–Crippen LogP) is 1.74. The lowest BCUT2D eigenvalue weighted by Gasteiger charge is -2.30. The van der Waals surface area contributed by atoms with Gasteiger partial charge in [0, 0.05) is 0 Å². The molecular formula is C10H24N2. The Morgan fingerprint density at radius 2 is 1.92 bits per heavy atom. The monoisotopic (exact) mass is 172 g/mol. The van der Waals surface area contributed by atoms with Crippen molar-refractivity contribution >= 4 is 0 Å². The SMILES string of the molecule is CCC(C)(CCN)CC(C)CN. The third kappa shape index (κ3) is 4.07. The summed E-state index contributed by atoms with van der Waals surface area (Å²) in [7, 11) is 0. The third-order valence-electron chi connectivity index (χ3n) is 2.85. The Kier molecular flexibility index (Phi) is 5.51. The van der Waals surface area contributed by atoms with E-state index in [0.29, 0.717) is 11.3 Å². The fourth-order valence-corrected chi connectivity index (χ4v) is 1.70. The van der Waals surface area contributed by atoms with Crippen molar-refractivity contribution in [2.45, 2.75) is 40.0 Å². The van der Waals surface area contributed by atoms with E-state index >= 15 is 0 Å². The molecule has 0 bridgehead atoms. The number of hydrogen-bond acceptors (Lipinski definition) is 2. The quantitative estimate of drug-likeness (QED) is 0.641. The average molecular weight is 172 g/mol. The molecular weight excluding hydrogens is 148 g/mol. The first-order valence-corrected chi connectivity index (χ1v) is 4.98. The van der Waals surface area contributed by atoms with Gasteiger partial charge in [0.25, 0.3) is 0 Å². The van der Waals surface area contributed by atoms with E-state index in [9.17, 15) is 0 Å². The van der Waals surface area contributed by atoms with Gasteiger partial charge in [-0.05, 0) is 37.3 Å². The molecule has 74 valence electrons. The molecule has 2 atom stereocenters. The van der Waals surface area contributed by atoms with Crippen LogP contribution in [0.25, 0.3) is 0 Å². The second-order valence-electron chi connectivity index (χ2n) is 4.25. The lowest BCUT2D eigenvalue weighted by molar-refractivity contribution is 0.225. The highest BCUT2D eigenvalue weighted by atomic mass is 14.6. The van der Waals surface area contributed by atoms with Gasteiger partial charge in [-0.25, -0.2) is 0 Å². The Labute approximate surface area is 76.7 Å². The van der Waals surface area contributed by atoms with Crippen LogP contribution < -0.4 is 11.5 Å². The van der Waals surface area contributed by atoms with Gasteiger partial charge < -0.3 is 11.5 Å². The minimum Gasteiger partial charge on any atom is -0.330 e. The van der Waals surface area contributed by atoms with Gasteiger partial charge in [0.05, 0.1) is 0 Å². The highest BCUT2D eigenvalue weighted by molar-refractivity contribution is 4.75. The summed E-state index contributed by atoms with van der Waals surface area (Å²) in [5.41, 5.74) is 11.6. The van der Waals surface area contributed by atoms with Crippen molar-refractivity contribution in [2.75, 3.05) is 13.1 Å². The van der Waals surface area contributed by atoms with E-state index in [2.05, 4.69) is 20.8 Å². The first-order chi connectivity index (χ1) is 5.58. The predicted molar refractivity (Wildman–Crippen MR) is 54.9 cm³/mol. The zero-order valence-corrected chi connectivity index (χ0v) is 8.77. The van der Waals surface area contributed by atoms with E-state index < -0.39 is 0 Å². The summed E-state index contributed by atoms with van der Waals surface area (Å²) >= 11 is 0. The van der Waals surface area contributed by atoms with Gasteiger partial charge in [-0.15, -0.1) is 0 Å². The zero-order valence-electron chi connectivity index (χ0n) is 8.77. The first-order valence-electron chi connectivity index (χ1n) is 4.98. The smallest absolute Gasteiger partial charge is 0.00513 e. The van der Waals surface area contributed by atoms with Crippen LogP contribution in [-0.2, 0) is 0 Å². The molecule has 2 heteroatoms. The van der Waals surface area contributed by atoms with Crippen LogP contribution in [-0.4, -0.2) is 13.1 Å². The van der Waals surface area contributed by atoms with Gasteiger partial charge in [0.2, 0.25) is 0 Å². The molecule has 0 fully saturated rings. The van der Waals surface area contributed by atoms with E-state index in [0.717, 1.165) is 19.5 Å². The third-order valence-corrected chi connectivity index (χ3v) is 2.85. The van der Waals surface area contributed by atoms with E-state index in [1.165, 1.54) is 12.8 Å². The molecule has 0 saturated heterocycles. The van der Waals surface area contributed by atoms with Crippen molar-refractivity contribution in [3.05, 3.63) is 0 Å². The molecule has 0 saturated carbocycles. The van der Waals surface area contributed by atoms with E-state index in [-0.39, 0.29) is 0 Å². The highest BCUT2D eigenvalue weighted by Crippen LogP contribution is 2.32. The normalized spacial score (nSPS) is 18.8. The summed E-state index contributed by atoms with van der Waals surface area (Å²) in [5, 5.41) is 0. The number of nitrogens with two attached hydrogens (primary N) is 2. The fraction of sp³-hybridized carbons (Fsp3) is 1.00. The molecule has 0 spiro atoms. The minimum absolute atomic E-state index is 0.410. The Morgan fingerprint density at radius 1 is 1.33 bits per heavy atom. The molecule has 4 N–H and O–H groups in total. The molecule has 0 rings (SSSR count). The molecule has 12 heavy (non-hydrogen) atoms. The molecule has 0 aromatic heterocycles. The van der Waals surface area contributed by atoms with E-state index in [1.54, 1.807) is 0 Å². The Bertz CT molecular complexity index is 114. The van der Waals surface area contributed by atoms with Crippen LogP contribution in [0.1, 0.15) is 40.0 Å². The topological polar surface area (TPSA) is 52.0 Å². The molecule has 0 heterocycles. The molecule has 0 aliphatic rings. The van der Waals surface area contributed by atoms with Gasteiger partial charge >= 0.3 is 0 Å². The second-order valence-corrected chi connectivity index (χ2v) is 4.25. The van der Waals surface area contributed by atoms with Crippen LogP contribution in [0, 0.1) is 11.3 Å². The first kappa shape index (κ1) is 11.9. The average Bonchev–Trinajstić information content (AvgIpc) is 2.05. The van der Waals surface area contributed by atoms with Crippen LogP contribution in [0.15, 0.2) is 0 Å². The molecule has 0 aliphatic heterocycles. The van der Waals surface area contributed by atoms with Gasteiger partial charge in [-0.2, -0.15) is 0 Å². The largest absolute Gasteiger partial charge is 0.330 e. The minimum atomic E-state index is 0.410. The van der Waals surface area contributed by atoms with Crippen LogP contribution >= 0.6 is 0 Å². The van der Waals surface area contributed by atoms with Crippen molar-refractivity contribution in [1.82, 2.24) is 0 Å². The zero-order chi connectivity index (χ0) is 9.61. The van der Waals surface area contributed by atoms with Crippen LogP contribution in [0.4, 0.5) is 0 Å². The van der Waals surface area contributed by atoms with Crippen molar-refractivity contribution in [3.8, 4) is 0 Å². The molecule has 2 unspecified atom stereocenters. The van der Waals surface area contributed by atoms with Crippen LogP contribution in [0.5, 0.6) is 0 Å². The van der Waals surface area contributed by atoms with Crippen molar-refractivity contribution in [3.63, 3.8) is 0 Å². The lowest BCUT2D eigenvalue weighted by atomic mass is 9.77. The molecule has 0 amide bonds. The number of rotatable bonds is 6. The van der Waals surface area contributed by atoms with Gasteiger partial charge in [-0.3, -0.25) is 0 Å². The standard InChI is InChI=1S/C10H24N2/c1-4-10(3,5-6-11)7-9(2)8-12/h9H,4-8,11-12H2,1-3H3. The van der Waals surface area contributed by atoms with E-state index in [4.69, 9.17) is 11.5 Å². The summed E-state index contributed by atoms with van der Waals surface area (Å²) in [6.07, 6.45) is 3.53. The van der Waals surface area contributed by atoms with Crippen LogP contribution in [0.3, 0.4) is 0 Å². The highest BCUT2D eigenvalue weighted by Gasteiger charge is 2.22. The molecule has 0 aromatic carbocycles. The van der Waals surface area contributed by atoms with Gasteiger partial charge in [0.15, 0.2) is 0 Å². The fourth-order valence-electron chi connectivity index (χ4n) is 1.70. The Morgan fingerprint density at radius 3 is 2.25 bits per heavy atom. The summed E-state index contributed by atoms with van der Waals surface area (Å²) < 4.78 is 0. The molecule has 0 radical (unpaired) electrons.